The molecule has 128 valence electrons. The summed E-state index contributed by atoms with van der Waals surface area (Å²) in [6, 6.07) is 18.7. The van der Waals surface area contributed by atoms with E-state index in [0.29, 0.717) is 0 Å². The van der Waals surface area contributed by atoms with E-state index in [0.717, 1.165) is 11.3 Å². The minimum Gasteiger partial charge on any atom is -0.351 e. The Kier molecular flexibility index (Phi) is 3.33. The molecule has 2 aromatic carbocycles. The number of hydrogen-bond donors (Lipinski definition) is 0. The first-order valence-corrected chi connectivity index (χ1v) is 8.78. The Hall–Kier alpha value is -2.55. The third-order valence-corrected chi connectivity index (χ3v) is 5.39. The van der Waals surface area contributed by atoms with Crippen molar-refractivity contribution in [2.24, 2.45) is 0 Å². The van der Waals surface area contributed by atoms with Gasteiger partial charge in [0.25, 0.3) is 0 Å². The average molecular weight is 332 g/mol. The summed E-state index contributed by atoms with van der Waals surface area (Å²) in [5.74, 6) is 0.186. The average Bonchev–Trinajstić information content (AvgIpc) is 2.59. The molecule has 0 N–H and O–H groups in total. The Balaban J connectivity index is 1.95. The van der Waals surface area contributed by atoms with Crippen molar-refractivity contribution in [3.8, 4) is 0 Å². The van der Waals surface area contributed by atoms with Crippen molar-refractivity contribution in [2.45, 2.75) is 37.8 Å². The molecule has 0 aromatic heterocycles. The summed E-state index contributed by atoms with van der Waals surface area (Å²) in [5.41, 5.74) is 2.54. The normalized spacial score (nSPS) is 25.1. The second kappa shape index (κ2) is 5.22. The highest BCUT2D eigenvalue weighted by molar-refractivity contribution is 6.01. The summed E-state index contributed by atoms with van der Waals surface area (Å²) in [4.78, 5) is 17.6. The molecule has 2 aliphatic heterocycles. The summed E-state index contributed by atoms with van der Waals surface area (Å²) in [7, 11) is 2.03. The largest absolute Gasteiger partial charge is 0.351 e. The van der Waals surface area contributed by atoms with Gasteiger partial charge in [0.2, 0.25) is 5.91 Å². The Morgan fingerprint density at radius 1 is 0.960 bits per heavy atom. The molecule has 3 heteroatoms. The van der Waals surface area contributed by atoms with Crippen LogP contribution in [0, 0.1) is 0 Å². The van der Waals surface area contributed by atoms with E-state index in [2.05, 4.69) is 68.1 Å². The minimum absolute atomic E-state index is 0.00676. The van der Waals surface area contributed by atoms with Crippen LogP contribution in [0.4, 0.5) is 5.69 Å². The summed E-state index contributed by atoms with van der Waals surface area (Å²) >= 11 is 0. The van der Waals surface area contributed by atoms with Crippen molar-refractivity contribution in [3.63, 3.8) is 0 Å². The van der Waals surface area contributed by atoms with E-state index in [1.54, 1.807) is 0 Å². The van der Waals surface area contributed by atoms with Gasteiger partial charge >= 0.3 is 0 Å². The second-order valence-electron chi connectivity index (χ2n) is 7.97. The highest BCUT2D eigenvalue weighted by Crippen LogP contribution is 2.58. The van der Waals surface area contributed by atoms with E-state index in [9.17, 15) is 4.79 Å². The number of amides is 1. The van der Waals surface area contributed by atoms with E-state index in [-0.39, 0.29) is 17.5 Å². The van der Waals surface area contributed by atoms with Gasteiger partial charge in [-0.15, -0.1) is 0 Å². The van der Waals surface area contributed by atoms with E-state index >= 15 is 0 Å². The zero-order chi connectivity index (χ0) is 17.8. The zero-order valence-corrected chi connectivity index (χ0v) is 15.2. The fourth-order valence-corrected chi connectivity index (χ4v) is 4.27. The molecule has 0 unspecified atom stereocenters. The zero-order valence-electron chi connectivity index (χ0n) is 15.2. The Labute approximate surface area is 149 Å². The number of rotatable bonds is 1. The van der Waals surface area contributed by atoms with Crippen LogP contribution in [0.2, 0.25) is 0 Å². The number of likely N-dealkylation sites (tertiary alicyclic amines) is 1. The molecular weight excluding hydrogens is 308 g/mol. The SMILES string of the molecule is CN1C=C[C@@]2(C(=O)N(C(C)(C)C)[C@@H]2c2ccccc2)c2ccccc21. The fraction of sp³-hybridized carbons (Fsp3) is 0.318. The smallest absolute Gasteiger partial charge is 0.240 e. The lowest BCUT2D eigenvalue weighted by Crippen LogP contribution is -2.70. The highest BCUT2D eigenvalue weighted by atomic mass is 16.2. The molecule has 4 rings (SSSR count). The summed E-state index contributed by atoms with van der Waals surface area (Å²) in [5, 5.41) is 0. The van der Waals surface area contributed by atoms with Gasteiger partial charge in [0, 0.05) is 24.5 Å². The number of nitrogens with zero attached hydrogens (tertiary/aromatic N) is 2. The van der Waals surface area contributed by atoms with Crippen LogP contribution in [0.25, 0.3) is 0 Å². The van der Waals surface area contributed by atoms with E-state index in [1.807, 2.05) is 36.3 Å². The number of carbonyl (C=O) groups is 1. The lowest BCUT2D eigenvalue weighted by Gasteiger charge is -2.61. The third kappa shape index (κ3) is 2.08. The number of β-lactam (4-membered cyclic amide) rings is 1. The second-order valence-corrected chi connectivity index (χ2v) is 7.97. The third-order valence-electron chi connectivity index (χ3n) is 5.39. The van der Waals surface area contributed by atoms with Crippen LogP contribution >= 0.6 is 0 Å². The van der Waals surface area contributed by atoms with E-state index in [1.165, 1.54) is 5.56 Å². The number of anilines is 1. The van der Waals surface area contributed by atoms with Gasteiger partial charge in [-0.1, -0.05) is 48.5 Å². The maximum absolute atomic E-state index is 13.5. The van der Waals surface area contributed by atoms with Gasteiger partial charge in [0.15, 0.2) is 0 Å². The molecule has 1 saturated heterocycles. The molecule has 1 fully saturated rings. The molecule has 2 heterocycles. The maximum atomic E-state index is 13.5. The van der Waals surface area contributed by atoms with Crippen molar-refractivity contribution >= 4 is 11.6 Å². The molecule has 2 atom stereocenters. The van der Waals surface area contributed by atoms with Crippen LogP contribution in [0.15, 0.2) is 66.9 Å². The van der Waals surface area contributed by atoms with Crippen molar-refractivity contribution < 1.29 is 4.79 Å². The lowest BCUT2D eigenvalue weighted by molar-refractivity contribution is -0.167. The van der Waals surface area contributed by atoms with Crippen LogP contribution in [0.1, 0.15) is 37.9 Å². The summed E-state index contributed by atoms with van der Waals surface area (Å²) in [6.07, 6.45) is 4.13. The van der Waals surface area contributed by atoms with Crippen LogP contribution in [0.5, 0.6) is 0 Å². The molecule has 0 radical (unpaired) electrons. The molecule has 3 nitrogen and oxygen atoms in total. The van der Waals surface area contributed by atoms with Crippen LogP contribution < -0.4 is 4.90 Å². The van der Waals surface area contributed by atoms with Gasteiger partial charge in [-0.2, -0.15) is 0 Å². The minimum atomic E-state index is -0.613. The number of fused-ring (bicyclic) bond motifs is 2. The Bertz CT molecular complexity index is 850. The van der Waals surface area contributed by atoms with Crippen molar-refractivity contribution in [1.82, 2.24) is 4.90 Å². The number of para-hydroxylation sites is 1. The molecule has 0 bridgehead atoms. The van der Waals surface area contributed by atoms with Gasteiger partial charge in [-0.3, -0.25) is 4.79 Å². The quantitative estimate of drug-likeness (QED) is 0.728. The Morgan fingerprint density at radius 2 is 1.60 bits per heavy atom. The molecule has 1 amide bonds. The highest BCUT2D eigenvalue weighted by Gasteiger charge is 2.64. The van der Waals surface area contributed by atoms with Gasteiger partial charge in [0.05, 0.1) is 6.04 Å². The standard InChI is InChI=1S/C22H24N2O/c1-21(2,3)24-19(16-10-6-5-7-11-16)22(20(24)25)14-15-23(4)18-13-9-8-12-17(18)22/h5-15,19H,1-4H3/t19-,22-/m1/s1. The lowest BCUT2D eigenvalue weighted by atomic mass is 9.60. The van der Waals surface area contributed by atoms with Crippen molar-refractivity contribution in [1.29, 1.82) is 0 Å². The predicted octanol–water partition coefficient (Wildman–Crippen LogP) is 4.27. The van der Waals surface area contributed by atoms with Crippen molar-refractivity contribution in [3.05, 3.63) is 78.0 Å². The van der Waals surface area contributed by atoms with Gasteiger partial charge in [0.1, 0.15) is 5.41 Å². The maximum Gasteiger partial charge on any atom is 0.240 e. The summed E-state index contributed by atoms with van der Waals surface area (Å²) < 4.78 is 0. The number of carbonyl (C=O) groups excluding carboxylic acids is 1. The monoisotopic (exact) mass is 332 g/mol. The molecule has 2 aromatic rings. The first-order chi connectivity index (χ1) is 11.9. The molecular formula is C22H24N2O. The van der Waals surface area contributed by atoms with Crippen LogP contribution in [-0.4, -0.2) is 23.4 Å². The van der Waals surface area contributed by atoms with Gasteiger partial charge in [-0.05, 0) is 44.0 Å². The van der Waals surface area contributed by atoms with Crippen LogP contribution in [-0.2, 0) is 10.2 Å². The van der Waals surface area contributed by atoms with Crippen molar-refractivity contribution in [2.75, 3.05) is 11.9 Å². The fourth-order valence-electron chi connectivity index (χ4n) is 4.27. The number of benzene rings is 2. The predicted molar refractivity (Wildman–Crippen MR) is 101 cm³/mol. The van der Waals surface area contributed by atoms with E-state index in [4.69, 9.17) is 0 Å². The molecule has 1 spiro atoms. The van der Waals surface area contributed by atoms with E-state index < -0.39 is 5.41 Å². The summed E-state index contributed by atoms with van der Waals surface area (Å²) in [6.45, 7) is 6.33. The van der Waals surface area contributed by atoms with Crippen LogP contribution in [0.3, 0.4) is 0 Å². The first-order valence-electron chi connectivity index (χ1n) is 8.78. The molecule has 0 saturated carbocycles. The molecule has 0 aliphatic carbocycles. The number of hydrogen-bond acceptors (Lipinski definition) is 2. The molecule has 25 heavy (non-hydrogen) atoms. The topological polar surface area (TPSA) is 23.6 Å². The van der Waals surface area contributed by atoms with Gasteiger partial charge in [-0.25, -0.2) is 0 Å². The first kappa shape index (κ1) is 15.9. The van der Waals surface area contributed by atoms with Gasteiger partial charge < -0.3 is 9.80 Å². The Morgan fingerprint density at radius 3 is 2.28 bits per heavy atom. The molecule has 2 aliphatic rings.